The first-order valence-corrected chi connectivity index (χ1v) is 9.19. The Hall–Kier alpha value is -2.71. The maximum atomic E-state index is 13.4. The van der Waals surface area contributed by atoms with Gasteiger partial charge in [0.25, 0.3) is 0 Å². The molecule has 8 heteroatoms. The number of hydrogen-bond donors (Lipinski definition) is 2. The van der Waals surface area contributed by atoms with Crippen LogP contribution in [0.25, 0.3) is 0 Å². The van der Waals surface area contributed by atoms with Gasteiger partial charge in [-0.3, -0.25) is 4.90 Å². The van der Waals surface area contributed by atoms with E-state index in [1.807, 2.05) is 0 Å². The van der Waals surface area contributed by atoms with Crippen LogP contribution >= 0.6 is 0 Å². The molecule has 28 heavy (non-hydrogen) atoms. The predicted molar refractivity (Wildman–Crippen MR) is 99.5 cm³/mol. The van der Waals surface area contributed by atoms with Gasteiger partial charge >= 0.3 is 6.03 Å². The van der Waals surface area contributed by atoms with Crippen molar-refractivity contribution < 1.29 is 23.4 Å². The number of hydrogen-bond acceptors (Lipinski definition) is 4. The molecule has 2 amide bonds. The minimum absolute atomic E-state index is 0.0100. The number of nitrogens with zero attached hydrogens (tertiary/aromatic N) is 2. The highest BCUT2D eigenvalue weighted by molar-refractivity contribution is 5.91. The van der Waals surface area contributed by atoms with Gasteiger partial charge in [0, 0.05) is 50.4 Å². The van der Waals surface area contributed by atoms with Crippen molar-refractivity contribution in [2.45, 2.75) is 18.6 Å². The molecule has 2 aliphatic heterocycles. The minimum atomic E-state index is -0.741. The Bertz CT molecular complexity index is 853. The summed E-state index contributed by atoms with van der Waals surface area (Å²) in [4.78, 5) is 16.4. The van der Waals surface area contributed by atoms with Crippen LogP contribution in [0.1, 0.15) is 6.42 Å². The number of rotatable bonds is 4. The van der Waals surface area contributed by atoms with Gasteiger partial charge in [-0.1, -0.05) is 12.1 Å². The number of β-amino-alcohol motifs (C(OH)–C–C–N with tert-alkyl or cyclic N) is 1. The van der Waals surface area contributed by atoms with Gasteiger partial charge in [-0.2, -0.15) is 0 Å². The van der Waals surface area contributed by atoms with Crippen LogP contribution < -0.4 is 10.1 Å². The van der Waals surface area contributed by atoms with E-state index in [1.165, 1.54) is 0 Å². The van der Waals surface area contributed by atoms with Crippen molar-refractivity contribution in [3.63, 3.8) is 0 Å². The van der Waals surface area contributed by atoms with E-state index in [0.717, 1.165) is 31.2 Å². The Labute approximate surface area is 161 Å². The molecule has 0 bridgehead atoms. The quantitative estimate of drug-likeness (QED) is 0.844. The smallest absolute Gasteiger partial charge is 0.322 e. The van der Waals surface area contributed by atoms with Crippen LogP contribution in [-0.2, 0) is 0 Å². The number of halogens is 2. The van der Waals surface area contributed by atoms with Gasteiger partial charge in [0.15, 0.2) is 5.75 Å². The van der Waals surface area contributed by atoms with Crippen molar-refractivity contribution in [3.8, 4) is 11.5 Å². The molecule has 0 spiro atoms. The molecule has 2 heterocycles. The molecule has 2 saturated heterocycles. The first-order valence-electron chi connectivity index (χ1n) is 9.19. The number of urea groups is 1. The van der Waals surface area contributed by atoms with Gasteiger partial charge in [-0.05, 0) is 18.6 Å². The number of benzene rings is 2. The number of ether oxygens (including phenoxy) is 1. The Kier molecular flexibility index (Phi) is 5.15. The lowest BCUT2D eigenvalue weighted by Crippen LogP contribution is -2.61. The van der Waals surface area contributed by atoms with Gasteiger partial charge < -0.3 is 20.1 Å². The molecule has 4 rings (SSSR count). The topological polar surface area (TPSA) is 65.0 Å². The Balaban J connectivity index is 1.38. The minimum Gasteiger partial charge on any atom is -0.455 e. The summed E-state index contributed by atoms with van der Waals surface area (Å²) >= 11 is 0. The molecule has 0 aromatic heterocycles. The molecule has 2 fully saturated rings. The van der Waals surface area contributed by atoms with Crippen LogP contribution in [-0.4, -0.2) is 59.3 Å². The lowest BCUT2D eigenvalue weighted by molar-refractivity contribution is 0.0669. The number of likely N-dealkylation sites (tertiary alicyclic amines) is 2. The number of carbonyl (C=O) groups is 1. The highest BCUT2D eigenvalue weighted by Crippen LogP contribution is 2.31. The number of aliphatic hydroxyl groups is 1. The Morgan fingerprint density at radius 2 is 1.82 bits per heavy atom. The number of anilines is 1. The fraction of sp³-hybridized carbons (Fsp3) is 0.350. The van der Waals surface area contributed by atoms with E-state index < -0.39 is 11.6 Å². The molecule has 2 aromatic rings. The molecule has 0 saturated carbocycles. The summed E-state index contributed by atoms with van der Waals surface area (Å²) in [5, 5.41) is 12.4. The average Bonchev–Trinajstić information content (AvgIpc) is 3.00. The molecule has 148 valence electrons. The van der Waals surface area contributed by atoms with Gasteiger partial charge in [0.2, 0.25) is 0 Å². The second kappa shape index (κ2) is 7.73. The van der Waals surface area contributed by atoms with Crippen molar-refractivity contribution in [2.75, 3.05) is 31.5 Å². The molecule has 6 nitrogen and oxygen atoms in total. The van der Waals surface area contributed by atoms with Gasteiger partial charge in [0.1, 0.15) is 17.4 Å². The summed E-state index contributed by atoms with van der Waals surface area (Å²) in [5.41, 5.74) is 0.414. The molecule has 2 aromatic carbocycles. The highest BCUT2D eigenvalue weighted by atomic mass is 19.1. The Morgan fingerprint density at radius 3 is 2.50 bits per heavy atom. The first kappa shape index (κ1) is 18.6. The summed E-state index contributed by atoms with van der Waals surface area (Å²) in [5.74, 6) is -1.18. The first-order chi connectivity index (χ1) is 13.5. The van der Waals surface area contributed by atoms with Crippen LogP contribution in [0, 0.1) is 11.6 Å². The van der Waals surface area contributed by atoms with E-state index in [-0.39, 0.29) is 23.9 Å². The number of amides is 2. The van der Waals surface area contributed by atoms with E-state index in [4.69, 9.17) is 4.74 Å². The van der Waals surface area contributed by atoms with Crippen LogP contribution in [0.15, 0.2) is 42.5 Å². The predicted octanol–water partition coefficient (Wildman–Crippen LogP) is 3.04. The normalized spacial score (nSPS) is 20.1. The Morgan fingerprint density at radius 1 is 1.11 bits per heavy atom. The largest absolute Gasteiger partial charge is 0.455 e. The third-order valence-corrected chi connectivity index (χ3v) is 5.05. The van der Waals surface area contributed by atoms with Crippen LogP contribution in [0.5, 0.6) is 11.5 Å². The highest BCUT2D eigenvalue weighted by Gasteiger charge is 2.37. The van der Waals surface area contributed by atoms with Crippen molar-refractivity contribution in [1.82, 2.24) is 9.80 Å². The van der Waals surface area contributed by atoms with E-state index in [1.54, 1.807) is 29.2 Å². The average molecular weight is 389 g/mol. The monoisotopic (exact) mass is 389 g/mol. The number of carbonyl (C=O) groups excluding carboxylic acids is 1. The molecule has 1 atom stereocenters. The molecule has 0 radical (unpaired) electrons. The lowest BCUT2D eigenvalue weighted by Gasteiger charge is -2.43. The summed E-state index contributed by atoms with van der Waals surface area (Å²) in [6.45, 7) is 2.69. The lowest BCUT2D eigenvalue weighted by atomic mass is 10.1. The number of aliphatic hydroxyl groups excluding tert-OH is 1. The molecule has 2 N–H and O–H groups in total. The molecule has 1 unspecified atom stereocenters. The van der Waals surface area contributed by atoms with Crippen molar-refractivity contribution in [2.24, 2.45) is 0 Å². The van der Waals surface area contributed by atoms with Crippen molar-refractivity contribution in [3.05, 3.63) is 54.1 Å². The molecular formula is C20H21F2N3O3. The van der Waals surface area contributed by atoms with Crippen LogP contribution in [0.4, 0.5) is 19.3 Å². The van der Waals surface area contributed by atoms with E-state index in [0.29, 0.717) is 31.1 Å². The summed E-state index contributed by atoms with van der Waals surface area (Å²) in [7, 11) is 0. The van der Waals surface area contributed by atoms with Crippen LogP contribution in [0.2, 0.25) is 0 Å². The van der Waals surface area contributed by atoms with Crippen LogP contribution in [0.3, 0.4) is 0 Å². The zero-order valence-electron chi connectivity index (χ0n) is 15.1. The SMILES string of the molecule is O=C(Nc1ccccc1Oc1cc(F)cc(F)c1)N1CC(N2CCC(O)C2)C1. The fourth-order valence-electron chi connectivity index (χ4n) is 3.52. The maximum Gasteiger partial charge on any atom is 0.322 e. The van der Waals surface area contributed by atoms with E-state index >= 15 is 0 Å². The maximum absolute atomic E-state index is 13.4. The standard InChI is InChI=1S/C20H21F2N3O3/c21-13-7-14(22)9-17(8-13)28-19-4-2-1-3-18(19)23-20(27)25-10-15(11-25)24-6-5-16(26)12-24/h1-4,7-9,15-16,26H,5-6,10-12H2,(H,23,27). The zero-order chi connectivity index (χ0) is 19.7. The summed E-state index contributed by atoms with van der Waals surface area (Å²) in [6, 6.07) is 9.64. The molecule has 2 aliphatic rings. The van der Waals surface area contributed by atoms with E-state index in [9.17, 15) is 18.7 Å². The second-order valence-corrected chi connectivity index (χ2v) is 7.13. The molecule has 0 aliphatic carbocycles. The fourth-order valence-corrected chi connectivity index (χ4v) is 3.52. The van der Waals surface area contributed by atoms with Crippen molar-refractivity contribution in [1.29, 1.82) is 0 Å². The molecular weight excluding hydrogens is 368 g/mol. The summed E-state index contributed by atoms with van der Waals surface area (Å²) < 4.78 is 32.3. The second-order valence-electron chi connectivity index (χ2n) is 7.13. The zero-order valence-corrected chi connectivity index (χ0v) is 15.1. The number of nitrogens with one attached hydrogen (secondary N) is 1. The third kappa shape index (κ3) is 4.07. The van der Waals surface area contributed by atoms with Gasteiger partial charge in [-0.15, -0.1) is 0 Å². The summed E-state index contributed by atoms with van der Waals surface area (Å²) in [6.07, 6.45) is 0.494. The number of para-hydroxylation sites is 2. The van der Waals surface area contributed by atoms with E-state index in [2.05, 4.69) is 10.2 Å². The van der Waals surface area contributed by atoms with Gasteiger partial charge in [0.05, 0.1) is 11.8 Å². The third-order valence-electron chi connectivity index (χ3n) is 5.05. The van der Waals surface area contributed by atoms with Crippen molar-refractivity contribution >= 4 is 11.7 Å². The van der Waals surface area contributed by atoms with Gasteiger partial charge in [-0.25, -0.2) is 13.6 Å².